The first-order chi connectivity index (χ1) is 13.8. The average molecular weight is 405 g/mol. The molecule has 2 N–H and O–H groups in total. The standard InChI is InChI=1S/C27H48O2/c1-18(2)8-7-9-19(3)22-13-14-23-21-12-11-20-10-5-6-16-27(20,25(28)29)24(21)15-17-26(22,23)4/h18-25,28-29H,5-17H2,1-4H3/t19-,20+,21+,22-,23-,24-,26+,27-/m0/s1. The summed E-state index contributed by atoms with van der Waals surface area (Å²) in [5.74, 6) is 5.28. The van der Waals surface area contributed by atoms with Crippen molar-refractivity contribution in [3.8, 4) is 0 Å². The number of aliphatic hydroxyl groups is 2. The van der Waals surface area contributed by atoms with Gasteiger partial charge in [0.25, 0.3) is 0 Å². The molecule has 0 aromatic carbocycles. The molecule has 4 aliphatic rings. The molecule has 168 valence electrons. The van der Waals surface area contributed by atoms with E-state index < -0.39 is 6.29 Å². The number of aliphatic hydroxyl groups excluding tert-OH is 1. The van der Waals surface area contributed by atoms with Crippen LogP contribution in [0.25, 0.3) is 0 Å². The van der Waals surface area contributed by atoms with E-state index in [0.717, 1.165) is 36.0 Å². The minimum absolute atomic E-state index is 0.177. The molecule has 4 saturated carbocycles. The van der Waals surface area contributed by atoms with Gasteiger partial charge in [-0.15, -0.1) is 0 Å². The Morgan fingerprint density at radius 3 is 2.34 bits per heavy atom. The van der Waals surface area contributed by atoms with Crippen LogP contribution in [-0.2, 0) is 0 Å². The van der Waals surface area contributed by atoms with E-state index in [1.54, 1.807) is 0 Å². The third-order valence-corrected chi connectivity index (χ3v) is 10.8. The third kappa shape index (κ3) is 3.63. The fraction of sp³-hybridized carbons (Fsp3) is 1.00. The Kier molecular flexibility index (Phi) is 6.45. The minimum Gasteiger partial charge on any atom is -0.368 e. The second kappa shape index (κ2) is 8.45. The summed E-state index contributed by atoms with van der Waals surface area (Å²) < 4.78 is 0. The highest BCUT2D eigenvalue weighted by atomic mass is 16.5. The number of rotatable bonds is 6. The molecule has 4 aliphatic carbocycles. The normalized spacial score (nSPS) is 45.7. The lowest BCUT2D eigenvalue weighted by Gasteiger charge is -2.62. The van der Waals surface area contributed by atoms with Crippen molar-refractivity contribution in [1.29, 1.82) is 0 Å². The van der Waals surface area contributed by atoms with E-state index in [1.807, 2.05) is 0 Å². The summed E-state index contributed by atoms with van der Waals surface area (Å²) in [7, 11) is 0. The lowest BCUT2D eigenvalue weighted by atomic mass is 9.43. The first kappa shape index (κ1) is 22.1. The zero-order chi connectivity index (χ0) is 20.8. The molecule has 0 amide bonds. The molecule has 0 radical (unpaired) electrons. The summed E-state index contributed by atoms with van der Waals surface area (Å²) >= 11 is 0. The molecular formula is C27H48O2. The number of fused-ring (bicyclic) bond motifs is 5. The summed E-state index contributed by atoms with van der Waals surface area (Å²) in [6, 6.07) is 0. The van der Waals surface area contributed by atoms with Crippen molar-refractivity contribution in [2.24, 2.45) is 52.3 Å². The van der Waals surface area contributed by atoms with E-state index in [0.29, 0.717) is 17.3 Å². The molecule has 0 aromatic heterocycles. The summed E-state index contributed by atoms with van der Waals surface area (Å²) in [4.78, 5) is 0. The van der Waals surface area contributed by atoms with Crippen LogP contribution in [0, 0.1) is 52.3 Å². The zero-order valence-corrected chi connectivity index (χ0v) is 19.7. The van der Waals surface area contributed by atoms with Crippen LogP contribution in [0.5, 0.6) is 0 Å². The summed E-state index contributed by atoms with van der Waals surface area (Å²) in [5, 5.41) is 21.3. The van der Waals surface area contributed by atoms with Crippen molar-refractivity contribution >= 4 is 0 Å². The maximum Gasteiger partial charge on any atom is 0.157 e. The van der Waals surface area contributed by atoms with Crippen LogP contribution in [0.4, 0.5) is 0 Å². The predicted octanol–water partition coefficient (Wildman–Crippen LogP) is 6.79. The van der Waals surface area contributed by atoms with Crippen molar-refractivity contribution in [2.45, 2.75) is 117 Å². The molecule has 0 saturated heterocycles. The van der Waals surface area contributed by atoms with Gasteiger partial charge in [-0.25, -0.2) is 0 Å². The van der Waals surface area contributed by atoms with Gasteiger partial charge in [0.05, 0.1) is 0 Å². The summed E-state index contributed by atoms with van der Waals surface area (Å²) in [5.41, 5.74) is 0.324. The highest BCUT2D eigenvalue weighted by Gasteiger charge is 2.63. The summed E-state index contributed by atoms with van der Waals surface area (Å²) in [6.07, 6.45) is 15.9. The van der Waals surface area contributed by atoms with Crippen molar-refractivity contribution in [3.05, 3.63) is 0 Å². The monoisotopic (exact) mass is 404 g/mol. The lowest BCUT2D eigenvalue weighted by molar-refractivity contribution is -0.238. The average Bonchev–Trinajstić information content (AvgIpc) is 3.04. The quantitative estimate of drug-likeness (QED) is 0.478. The van der Waals surface area contributed by atoms with Crippen molar-refractivity contribution in [1.82, 2.24) is 0 Å². The van der Waals surface area contributed by atoms with Gasteiger partial charge in [-0.05, 0) is 98.2 Å². The molecule has 4 fully saturated rings. The Balaban J connectivity index is 1.51. The molecule has 8 atom stereocenters. The second-order valence-corrected chi connectivity index (χ2v) is 12.4. The van der Waals surface area contributed by atoms with Gasteiger partial charge in [0.2, 0.25) is 0 Å². The van der Waals surface area contributed by atoms with Crippen LogP contribution in [0.15, 0.2) is 0 Å². The Hall–Kier alpha value is -0.0800. The third-order valence-electron chi connectivity index (χ3n) is 10.8. The van der Waals surface area contributed by atoms with Crippen LogP contribution in [0.2, 0.25) is 0 Å². The molecule has 0 heterocycles. The van der Waals surface area contributed by atoms with E-state index in [-0.39, 0.29) is 5.41 Å². The second-order valence-electron chi connectivity index (χ2n) is 12.4. The molecule has 0 aromatic rings. The molecular weight excluding hydrogens is 356 g/mol. The molecule has 4 rings (SSSR count). The van der Waals surface area contributed by atoms with Gasteiger partial charge in [-0.1, -0.05) is 59.8 Å². The van der Waals surface area contributed by atoms with Gasteiger partial charge >= 0.3 is 0 Å². The van der Waals surface area contributed by atoms with Gasteiger partial charge in [-0.3, -0.25) is 0 Å². The van der Waals surface area contributed by atoms with E-state index in [9.17, 15) is 10.2 Å². The molecule has 2 nitrogen and oxygen atoms in total. The molecule has 0 spiro atoms. The van der Waals surface area contributed by atoms with Gasteiger partial charge in [0.1, 0.15) is 0 Å². The van der Waals surface area contributed by atoms with Crippen molar-refractivity contribution in [3.63, 3.8) is 0 Å². The number of hydrogen-bond donors (Lipinski definition) is 2. The highest BCUT2D eigenvalue weighted by molar-refractivity contribution is 5.10. The Labute approximate surface area is 180 Å². The van der Waals surface area contributed by atoms with Gasteiger partial charge in [-0.2, -0.15) is 0 Å². The highest BCUT2D eigenvalue weighted by Crippen LogP contribution is 2.69. The minimum atomic E-state index is -1.10. The SMILES string of the molecule is CC(C)CCC[C@H](C)[C@@H]1CC[C@H]2[C@H]3CC[C@H]4CCCC[C@@]4(C(O)O)[C@H]3CC[C@@]21C. The van der Waals surface area contributed by atoms with E-state index in [4.69, 9.17) is 0 Å². The Morgan fingerprint density at radius 2 is 1.62 bits per heavy atom. The fourth-order valence-electron chi connectivity index (χ4n) is 9.50. The van der Waals surface area contributed by atoms with Crippen LogP contribution in [0.3, 0.4) is 0 Å². The molecule has 2 heteroatoms. The van der Waals surface area contributed by atoms with Crippen LogP contribution in [-0.4, -0.2) is 16.5 Å². The van der Waals surface area contributed by atoms with Crippen LogP contribution < -0.4 is 0 Å². The maximum absolute atomic E-state index is 10.6. The Bertz CT molecular complexity index is 557. The summed E-state index contributed by atoms with van der Waals surface area (Å²) in [6.45, 7) is 9.89. The van der Waals surface area contributed by atoms with Crippen molar-refractivity contribution < 1.29 is 10.2 Å². The van der Waals surface area contributed by atoms with E-state index in [1.165, 1.54) is 77.0 Å². The fourth-order valence-corrected chi connectivity index (χ4v) is 9.50. The Morgan fingerprint density at radius 1 is 0.828 bits per heavy atom. The van der Waals surface area contributed by atoms with Crippen LogP contribution >= 0.6 is 0 Å². The van der Waals surface area contributed by atoms with Gasteiger partial charge in [0.15, 0.2) is 6.29 Å². The first-order valence-corrected chi connectivity index (χ1v) is 13.2. The smallest absolute Gasteiger partial charge is 0.157 e. The molecule has 0 unspecified atom stereocenters. The molecule has 0 bridgehead atoms. The maximum atomic E-state index is 10.6. The van der Waals surface area contributed by atoms with Crippen LogP contribution in [0.1, 0.15) is 111 Å². The zero-order valence-electron chi connectivity index (χ0n) is 19.7. The van der Waals surface area contributed by atoms with Gasteiger partial charge in [0, 0.05) is 5.41 Å². The van der Waals surface area contributed by atoms with E-state index >= 15 is 0 Å². The predicted molar refractivity (Wildman–Crippen MR) is 120 cm³/mol. The molecule has 29 heavy (non-hydrogen) atoms. The largest absolute Gasteiger partial charge is 0.368 e. The topological polar surface area (TPSA) is 40.5 Å². The first-order valence-electron chi connectivity index (χ1n) is 13.2. The van der Waals surface area contributed by atoms with Crippen molar-refractivity contribution in [2.75, 3.05) is 0 Å². The lowest BCUT2D eigenvalue weighted by Crippen LogP contribution is -2.58. The van der Waals surface area contributed by atoms with Gasteiger partial charge < -0.3 is 10.2 Å². The van der Waals surface area contributed by atoms with E-state index in [2.05, 4.69) is 27.7 Å². The number of hydrogen-bond acceptors (Lipinski definition) is 2. The molecule has 0 aliphatic heterocycles.